The van der Waals surface area contributed by atoms with Crippen molar-refractivity contribution >= 4 is 21.8 Å². The molecule has 2 N–H and O–H groups in total. The van der Waals surface area contributed by atoms with Crippen molar-refractivity contribution in [2.24, 2.45) is 0 Å². The highest BCUT2D eigenvalue weighted by atomic mass is 32.2. The Morgan fingerprint density at radius 3 is 2.82 bits per heavy atom. The summed E-state index contributed by atoms with van der Waals surface area (Å²) in [6.45, 7) is 1.04. The first-order valence-corrected chi connectivity index (χ1v) is 9.27. The molecule has 0 radical (unpaired) electrons. The molecule has 0 aromatic rings. The molecule has 17 heavy (non-hydrogen) atoms. The minimum Gasteiger partial charge on any atom is -0.314 e. The first-order valence-electron chi connectivity index (χ1n) is 6.47. The van der Waals surface area contributed by atoms with E-state index < -0.39 is 10.0 Å². The molecule has 2 atom stereocenters. The SMILES string of the molecule is O=S(=O)(CCC1CCCCN1)NC1CCSC1. The van der Waals surface area contributed by atoms with Gasteiger partial charge in [-0.2, -0.15) is 11.8 Å². The Bertz CT molecular complexity index is 320. The first kappa shape index (κ1) is 13.6. The van der Waals surface area contributed by atoms with E-state index in [4.69, 9.17) is 0 Å². The van der Waals surface area contributed by atoms with Crippen LogP contribution in [0.25, 0.3) is 0 Å². The second kappa shape index (κ2) is 6.41. The van der Waals surface area contributed by atoms with Gasteiger partial charge in [-0.05, 0) is 38.0 Å². The molecular formula is C11H22N2O2S2. The van der Waals surface area contributed by atoms with E-state index in [1.54, 1.807) is 0 Å². The van der Waals surface area contributed by atoms with Gasteiger partial charge in [-0.1, -0.05) is 6.42 Å². The van der Waals surface area contributed by atoms with Crippen molar-refractivity contribution in [1.29, 1.82) is 0 Å². The van der Waals surface area contributed by atoms with E-state index in [2.05, 4.69) is 10.0 Å². The predicted octanol–water partition coefficient (Wildman–Crippen LogP) is 0.944. The average molecular weight is 278 g/mol. The third-order valence-electron chi connectivity index (χ3n) is 3.42. The predicted molar refractivity (Wildman–Crippen MR) is 72.9 cm³/mol. The Kier molecular flexibility index (Phi) is 5.14. The molecule has 0 aromatic heterocycles. The monoisotopic (exact) mass is 278 g/mol. The molecule has 2 aliphatic rings. The molecule has 4 nitrogen and oxygen atoms in total. The maximum Gasteiger partial charge on any atom is 0.211 e. The number of sulfonamides is 1. The maximum absolute atomic E-state index is 11.9. The second-order valence-corrected chi connectivity index (χ2v) is 7.96. The molecule has 0 aliphatic carbocycles. The van der Waals surface area contributed by atoms with E-state index in [0.717, 1.165) is 37.3 Å². The van der Waals surface area contributed by atoms with Crippen LogP contribution in [0.2, 0.25) is 0 Å². The number of piperidine rings is 1. The number of thioether (sulfide) groups is 1. The van der Waals surface area contributed by atoms with Crippen LogP contribution in [0.5, 0.6) is 0 Å². The van der Waals surface area contributed by atoms with E-state index in [1.807, 2.05) is 11.8 Å². The molecule has 2 unspecified atom stereocenters. The fourth-order valence-corrected chi connectivity index (χ4v) is 5.09. The summed E-state index contributed by atoms with van der Waals surface area (Å²) < 4.78 is 26.6. The van der Waals surface area contributed by atoms with Gasteiger partial charge in [0.15, 0.2) is 0 Å². The summed E-state index contributed by atoms with van der Waals surface area (Å²) in [4.78, 5) is 0. The highest BCUT2D eigenvalue weighted by Crippen LogP contribution is 2.18. The Morgan fingerprint density at radius 2 is 2.18 bits per heavy atom. The lowest BCUT2D eigenvalue weighted by Crippen LogP contribution is -2.40. The van der Waals surface area contributed by atoms with Gasteiger partial charge in [0.1, 0.15) is 0 Å². The largest absolute Gasteiger partial charge is 0.314 e. The fourth-order valence-electron chi connectivity index (χ4n) is 2.41. The average Bonchev–Trinajstić information content (AvgIpc) is 2.80. The van der Waals surface area contributed by atoms with Crippen LogP contribution in [0.1, 0.15) is 32.1 Å². The van der Waals surface area contributed by atoms with Gasteiger partial charge in [0.25, 0.3) is 0 Å². The van der Waals surface area contributed by atoms with Gasteiger partial charge in [0, 0.05) is 17.8 Å². The quantitative estimate of drug-likeness (QED) is 0.786. The van der Waals surface area contributed by atoms with Crippen LogP contribution in [0.4, 0.5) is 0 Å². The number of hydrogen-bond donors (Lipinski definition) is 2. The van der Waals surface area contributed by atoms with Crippen molar-refractivity contribution in [2.45, 2.75) is 44.2 Å². The summed E-state index contributed by atoms with van der Waals surface area (Å²) in [5.74, 6) is 2.28. The van der Waals surface area contributed by atoms with E-state index in [9.17, 15) is 8.42 Å². The van der Waals surface area contributed by atoms with Crippen molar-refractivity contribution in [1.82, 2.24) is 10.0 Å². The van der Waals surface area contributed by atoms with Gasteiger partial charge in [0.05, 0.1) is 5.75 Å². The molecule has 0 bridgehead atoms. The molecule has 2 aliphatic heterocycles. The van der Waals surface area contributed by atoms with Gasteiger partial charge in [-0.25, -0.2) is 13.1 Å². The lowest BCUT2D eigenvalue weighted by Gasteiger charge is -2.23. The standard InChI is InChI=1S/C11H22N2O2S2/c14-17(15,13-11-4-7-16-9-11)8-5-10-3-1-2-6-12-10/h10-13H,1-9H2. The van der Waals surface area contributed by atoms with Crippen LogP contribution in [-0.2, 0) is 10.0 Å². The van der Waals surface area contributed by atoms with Crippen LogP contribution in [-0.4, -0.2) is 44.3 Å². The topological polar surface area (TPSA) is 58.2 Å². The second-order valence-electron chi connectivity index (χ2n) is 4.93. The summed E-state index contributed by atoms with van der Waals surface area (Å²) in [5, 5.41) is 3.39. The lowest BCUT2D eigenvalue weighted by molar-refractivity contribution is 0.392. The molecule has 0 spiro atoms. The van der Waals surface area contributed by atoms with Crippen molar-refractivity contribution in [3.8, 4) is 0 Å². The molecule has 0 amide bonds. The Balaban J connectivity index is 1.72. The van der Waals surface area contributed by atoms with Crippen molar-refractivity contribution in [2.75, 3.05) is 23.8 Å². The molecule has 6 heteroatoms. The summed E-state index contributed by atoms with van der Waals surface area (Å²) >= 11 is 1.83. The van der Waals surface area contributed by atoms with E-state index >= 15 is 0 Å². The maximum atomic E-state index is 11.9. The van der Waals surface area contributed by atoms with Crippen LogP contribution in [0.15, 0.2) is 0 Å². The molecule has 2 saturated heterocycles. The molecule has 0 aromatic carbocycles. The lowest BCUT2D eigenvalue weighted by atomic mass is 10.0. The van der Waals surface area contributed by atoms with Crippen molar-refractivity contribution < 1.29 is 8.42 Å². The number of nitrogens with one attached hydrogen (secondary N) is 2. The fraction of sp³-hybridized carbons (Fsp3) is 1.00. The van der Waals surface area contributed by atoms with Gasteiger partial charge >= 0.3 is 0 Å². The normalized spacial score (nSPS) is 30.6. The Labute approximate surface area is 108 Å². The summed E-state index contributed by atoms with van der Waals surface area (Å²) in [5.41, 5.74) is 0. The van der Waals surface area contributed by atoms with E-state index in [-0.39, 0.29) is 11.8 Å². The summed E-state index contributed by atoms with van der Waals surface area (Å²) in [6, 6.07) is 0.572. The Morgan fingerprint density at radius 1 is 1.29 bits per heavy atom. The van der Waals surface area contributed by atoms with Gasteiger partial charge < -0.3 is 5.32 Å². The molecule has 2 fully saturated rings. The zero-order valence-corrected chi connectivity index (χ0v) is 11.8. The highest BCUT2D eigenvalue weighted by molar-refractivity contribution is 7.99. The van der Waals surface area contributed by atoms with Crippen molar-refractivity contribution in [3.05, 3.63) is 0 Å². The molecule has 2 rings (SSSR count). The number of rotatable bonds is 5. The van der Waals surface area contributed by atoms with Crippen LogP contribution in [0.3, 0.4) is 0 Å². The smallest absolute Gasteiger partial charge is 0.211 e. The number of hydrogen-bond acceptors (Lipinski definition) is 4. The van der Waals surface area contributed by atoms with Crippen LogP contribution in [0, 0.1) is 0 Å². The van der Waals surface area contributed by atoms with Crippen molar-refractivity contribution in [3.63, 3.8) is 0 Å². The molecule has 0 saturated carbocycles. The van der Waals surface area contributed by atoms with E-state index in [1.165, 1.54) is 12.8 Å². The van der Waals surface area contributed by atoms with Crippen LogP contribution < -0.4 is 10.0 Å². The first-order chi connectivity index (χ1) is 8.16. The minimum atomic E-state index is -3.07. The highest BCUT2D eigenvalue weighted by Gasteiger charge is 2.23. The Hall–Kier alpha value is 0.220. The zero-order chi connectivity index (χ0) is 12.1. The third kappa shape index (κ3) is 4.77. The molecular weight excluding hydrogens is 256 g/mol. The third-order valence-corrected chi connectivity index (χ3v) is 6.05. The molecule has 100 valence electrons. The van der Waals surface area contributed by atoms with E-state index in [0.29, 0.717) is 6.04 Å². The van der Waals surface area contributed by atoms with Gasteiger partial charge in [0.2, 0.25) is 10.0 Å². The molecule has 2 heterocycles. The summed E-state index contributed by atoms with van der Waals surface area (Å²) in [6.07, 6.45) is 5.29. The zero-order valence-electron chi connectivity index (χ0n) is 10.2. The van der Waals surface area contributed by atoms with Crippen LogP contribution >= 0.6 is 11.8 Å². The minimum absolute atomic E-state index is 0.171. The van der Waals surface area contributed by atoms with Gasteiger partial charge in [-0.3, -0.25) is 0 Å². The van der Waals surface area contributed by atoms with Gasteiger partial charge in [-0.15, -0.1) is 0 Å². The summed E-state index contributed by atoms with van der Waals surface area (Å²) in [7, 11) is -3.07.